The number of benzene rings is 1. The fourth-order valence-electron chi connectivity index (χ4n) is 2.44. The van der Waals surface area contributed by atoms with Crippen molar-refractivity contribution < 1.29 is 8.91 Å². The average Bonchev–Trinajstić information content (AvgIpc) is 3.25. The van der Waals surface area contributed by atoms with Gasteiger partial charge in [-0.05, 0) is 35.4 Å². The molecule has 6 nitrogen and oxygen atoms in total. The van der Waals surface area contributed by atoms with Crippen molar-refractivity contribution in [2.24, 2.45) is 0 Å². The highest BCUT2D eigenvalue weighted by atomic mass is 35.5. The lowest BCUT2D eigenvalue weighted by atomic mass is 10.1. The van der Waals surface area contributed by atoms with E-state index in [1.807, 2.05) is 12.1 Å². The minimum Gasteiger partial charge on any atom is -0.373 e. The van der Waals surface area contributed by atoms with Crippen LogP contribution in [0.4, 0.5) is 10.2 Å². The van der Waals surface area contributed by atoms with Gasteiger partial charge >= 0.3 is 0 Å². The Morgan fingerprint density at radius 3 is 2.75 bits per heavy atom. The van der Waals surface area contributed by atoms with Crippen molar-refractivity contribution in [2.45, 2.75) is 0 Å². The standard InChI is InChI=1S/C16H11ClFN5O/c1-19-14-7-10(9-2-3-12(18)11(17)6-9)8-15-21-16(22-23(14)15)13-4-5-20-24-13/h2-8,19H,1H3. The van der Waals surface area contributed by atoms with Crippen LogP contribution < -0.4 is 5.32 Å². The molecule has 8 heteroatoms. The fraction of sp³-hybridized carbons (Fsp3) is 0.0625. The zero-order valence-electron chi connectivity index (χ0n) is 12.5. The minimum absolute atomic E-state index is 0.0715. The maximum absolute atomic E-state index is 13.4. The second-order valence-electron chi connectivity index (χ2n) is 5.09. The van der Waals surface area contributed by atoms with Crippen molar-refractivity contribution in [1.29, 1.82) is 0 Å². The molecule has 4 aromatic rings. The third-order valence-corrected chi connectivity index (χ3v) is 3.89. The Kier molecular flexibility index (Phi) is 3.42. The summed E-state index contributed by atoms with van der Waals surface area (Å²) in [7, 11) is 1.78. The fourth-order valence-corrected chi connectivity index (χ4v) is 2.62. The molecular weight excluding hydrogens is 333 g/mol. The summed E-state index contributed by atoms with van der Waals surface area (Å²) in [6.45, 7) is 0. The Balaban J connectivity index is 1.90. The minimum atomic E-state index is -0.453. The highest BCUT2D eigenvalue weighted by Gasteiger charge is 2.14. The van der Waals surface area contributed by atoms with Gasteiger partial charge in [-0.1, -0.05) is 22.8 Å². The number of nitrogens with zero attached hydrogens (tertiary/aromatic N) is 4. The molecule has 0 fully saturated rings. The number of nitrogens with one attached hydrogen (secondary N) is 1. The smallest absolute Gasteiger partial charge is 0.220 e. The van der Waals surface area contributed by atoms with Crippen LogP contribution in [-0.2, 0) is 0 Å². The van der Waals surface area contributed by atoms with Crippen LogP contribution in [0.2, 0.25) is 5.02 Å². The lowest BCUT2D eigenvalue weighted by molar-refractivity contribution is 0.429. The molecule has 0 saturated heterocycles. The van der Waals surface area contributed by atoms with Gasteiger partial charge in [0.25, 0.3) is 0 Å². The van der Waals surface area contributed by atoms with Gasteiger partial charge in [-0.25, -0.2) is 9.37 Å². The van der Waals surface area contributed by atoms with Crippen molar-refractivity contribution in [3.8, 4) is 22.7 Å². The molecule has 0 saturated carbocycles. The second-order valence-corrected chi connectivity index (χ2v) is 5.50. The lowest BCUT2D eigenvalue weighted by Crippen LogP contribution is -2.00. The van der Waals surface area contributed by atoms with Crippen LogP contribution >= 0.6 is 11.6 Å². The molecule has 0 bridgehead atoms. The predicted octanol–water partition coefficient (Wildman–Crippen LogP) is 3.89. The van der Waals surface area contributed by atoms with Gasteiger partial charge in [-0.2, -0.15) is 4.52 Å². The SMILES string of the molecule is CNc1cc(-c2ccc(F)c(Cl)c2)cc2nc(-c3ccno3)nn12. The molecule has 0 aliphatic heterocycles. The van der Waals surface area contributed by atoms with Crippen molar-refractivity contribution in [1.82, 2.24) is 19.8 Å². The van der Waals surface area contributed by atoms with E-state index < -0.39 is 5.82 Å². The largest absolute Gasteiger partial charge is 0.373 e. The molecule has 0 amide bonds. The van der Waals surface area contributed by atoms with E-state index in [4.69, 9.17) is 16.1 Å². The topological polar surface area (TPSA) is 68.2 Å². The number of hydrogen-bond acceptors (Lipinski definition) is 5. The number of rotatable bonds is 3. The normalized spacial score (nSPS) is 11.1. The summed E-state index contributed by atoms with van der Waals surface area (Å²) < 4.78 is 20.1. The van der Waals surface area contributed by atoms with Crippen LogP contribution in [0.3, 0.4) is 0 Å². The number of anilines is 1. The summed E-state index contributed by atoms with van der Waals surface area (Å²) in [6, 6.07) is 10.0. The Bertz CT molecular complexity index is 1030. The van der Waals surface area contributed by atoms with Crippen molar-refractivity contribution in [3.63, 3.8) is 0 Å². The molecular formula is C16H11ClFN5O. The van der Waals surface area contributed by atoms with Crippen molar-refractivity contribution >= 4 is 23.1 Å². The monoisotopic (exact) mass is 343 g/mol. The lowest BCUT2D eigenvalue weighted by Gasteiger charge is -2.08. The summed E-state index contributed by atoms with van der Waals surface area (Å²) in [6.07, 6.45) is 1.53. The Morgan fingerprint density at radius 2 is 2.04 bits per heavy atom. The maximum atomic E-state index is 13.4. The molecule has 24 heavy (non-hydrogen) atoms. The molecule has 3 heterocycles. The Morgan fingerprint density at radius 1 is 1.17 bits per heavy atom. The van der Waals surface area contributed by atoms with Crippen LogP contribution in [0.5, 0.6) is 0 Å². The molecule has 4 rings (SSSR count). The predicted molar refractivity (Wildman–Crippen MR) is 88.4 cm³/mol. The van der Waals surface area contributed by atoms with Crippen LogP contribution in [0, 0.1) is 5.82 Å². The highest BCUT2D eigenvalue weighted by molar-refractivity contribution is 6.31. The van der Waals surface area contributed by atoms with E-state index in [1.54, 1.807) is 29.8 Å². The zero-order valence-corrected chi connectivity index (χ0v) is 13.3. The number of fused-ring (bicyclic) bond motifs is 1. The molecule has 0 aliphatic rings. The third kappa shape index (κ3) is 2.39. The summed E-state index contributed by atoms with van der Waals surface area (Å²) in [5, 5.41) is 11.2. The molecule has 3 aromatic heterocycles. The van der Waals surface area contributed by atoms with Gasteiger partial charge in [0, 0.05) is 13.1 Å². The Labute approximate surface area is 140 Å². The molecule has 0 aliphatic carbocycles. The van der Waals surface area contributed by atoms with E-state index in [-0.39, 0.29) is 5.02 Å². The molecule has 120 valence electrons. The van der Waals surface area contributed by atoms with Gasteiger partial charge in [-0.3, -0.25) is 0 Å². The van der Waals surface area contributed by atoms with E-state index in [2.05, 4.69) is 20.6 Å². The van der Waals surface area contributed by atoms with Crippen LogP contribution in [-0.4, -0.2) is 26.8 Å². The van der Waals surface area contributed by atoms with Crippen molar-refractivity contribution in [2.75, 3.05) is 12.4 Å². The molecule has 0 radical (unpaired) electrons. The summed E-state index contributed by atoms with van der Waals surface area (Å²) in [5.41, 5.74) is 2.23. The van der Waals surface area contributed by atoms with Gasteiger partial charge in [0.2, 0.25) is 11.6 Å². The van der Waals surface area contributed by atoms with Crippen LogP contribution in [0.1, 0.15) is 0 Å². The van der Waals surface area contributed by atoms with Crippen LogP contribution in [0.15, 0.2) is 47.1 Å². The first-order valence-corrected chi connectivity index (χ1v) is 7.48. The van der Waals surface area contributed by atoms with E-state index in [1.165, 1.54) is 12.3 Å². The number of halogens is 2. The number of hydrogen-bond donors (Lipinski definition) is 1. The van der Waals surface area contributed by atoms with E-state index >= 15 is 0 Å². The maximum Gasteiger partial charge on any atom is 0.220 e. The summed E-state index contributed by atoms with van der Waals surface area (Å²) in [4.78, 5) is 4.46. The van der Waals surface area contributed by atoms with Gasteiger partial charge in [0.1, 0.15) is 11.6 Å². The van der Waals surface area contributed by atoms with Gasteiger partial charge in [0.15, 0.2) is 5.65 Å². The number of pyridine rings is 1. The van der Waals surface area contributed by atoms with Gasteiger partial charge in [-0.15, -0.1) is 5.10 Å². The van der Waals surface area contributed by atoms with Crippen molar-refractivity contribution in [3.05, 3.63) is 53.4 Å². The first kappa shape index (κ1) is 14.6. The van der Waals surface area contributed by atoms with E-state index in [0.717, 1.165) is 16.9 Å². The second kappa shape index (κ2) is 5.61. The van der Waals surface area contributed by atoms with Crippen LogP contribution in [0.25, 0.3) is 28.4 Å². The molecule has 1 N–H and O–H groups in total. The zero-order chi connectivity index (χ0) is 16.7. The van der Waals surface area contributed by atoms with Gasteiger partial charge < -0.3 is 9.84 Å². The van der Waals surface area contributed by atoms with Gasteiger partial charge in [0.05, 0.1) is 11.2 Å². The summed E-state index contributed by atoms with van der Waals surface area (Å²) >= 11 is 5.88. The third-order valence-electron chi connectivity index (χ3n) is 3.60. The number of aromatic nitrogens is 4. The quantitative estimate of drug-likeness (QED) is 0.611. The highest BCUT2D eigenvalue weighted by Crippen LogP contribution is 2.29. The molecule has 0 spiro atoms. The first-order valence-electron chi connectivity index (χ1n) is 7.11. The van der Waals surface area contributed by atoms with E-state index in [9.17, 15) is 4.39 Å². The van der Waals surface area contributed by atoms with E-state index in [0.29, 0.717) is 17.2 Å². The Hall–Kier alpha value is -2.93. The molecule has 0 atom stereocenters. The average molecular weight is 344 g/mol. The molecule has 0 unspecified atom stereocenters. The summed E-state index contributed by atoms with van der Waals surface area (Å²) in [5.74, 6) is 1.18. The molecule has 1 aromatic carbocycles. The first-order chi connectivity index (χ1) is 11.7.